The Hall–Kier alpha value is -0.610. The molecular formula is C13H24N2O2. The van der Waals surface area contributed by atoms with E-state index in [1.54, 1.807) is 0 Å². The van der Waals surface area contributed by atoms with E-state index in [2.05, 4.69) is 5.32 Å². The third-order valence-electron chi connectivity index (χ3n) is 3.87. The maximum atomic E-state index is 11.9. The first kappa shape index (κ1) is 12.8. The van der Waals surface area contributed by atoms with E-state index in [0.29, 0.717) is 18.5 Å². The van der Waals surface area contributed by atoms with Gasteiger partial charge >= 0.3 is 0 Å². The number of nitrogens with zero attached hydrogens (tertiary/aromatic N) is 1. The Labute approximate surface area is 103 Å². The molecule has 17 heavy (non-hydrogen) atoms. The molecule has 0 radical (unpaired) electrons. The van der Waals surface area contributed by atoms with Crippen LogP contribution in [0.25, 0.3) is 0 Å². The summed E-state index contributed by atoms with van der Waals surface area (Å²) in [5.74, 6) is 0.780. The van der Waals surface area contributed by atoms with Crippen molar-refractivity contribution in [3.63, 3.8) is 0 Å². The van der Waals surface area contributed by atoms with Crippen LogP contribution in [-0.4, -0.2) is 47.7 Å². The van der Waals surface area contributed by atoms with Crippen LogP contribution in [0.4, 0.5) is 0 Å². The Kier molecular flexibility index (Phi) is 4.40. The van der Waals surface area contributed by atoms with Crippen LogP contribution in [0.15, 0.2) is 0 Å². The minimum atomic E-state index is -0.115. The topological polar surface area (TPSA) is 52.6 Å². The Morgan fingerprint density at radius 3 is 2.65 bits per heavy atom. The number of amides is 1. The van der Waals surface area contributed by atoms with Gasteiger partial charge in [0.15, 0.2) is 0 Å². The lowest BCUT2D eigenvalue weighted by Gasteiger charge is -2.21. The smallest absolute Gasteiger partial charge is 0.236 e. The van der Waals surface area contributed by atoms with Gasteiger partial charge in [-0.1, -0.05) is 0 Å². The second kappa shape index (κ2) is 5.83. The molecule has 0 aromatic heterocycles. The molecule has 2 N–H and O–H groups in total. The van der Waals surface area contributed by atoms with Gasteiger partial charge in [-0.25, -0.2) is 0 Å². The Morgan fingerprint density at radius 2 is 2.12 bits per heavy atom. The summed E-state index contributed by atoms with van der Waals surface area (Å²) in [4.78, 5) is 13.9. The van der Waals surface area contributed by atoms with Crippen molar-refractivity contribution in [1.29, 1.82) is 0 Å². The van der Waals surface area contributed by atoms with E-state index in [-0.39, 0.29) is 12.0 Å². The van der Waals surface area contributed by atoms with E-state index < -0.39 is 0 Å². The number of hydrogen-bond donors (Lipinski definition) is 2. The monoisotopic (exact) mass is 240 g/mol. The normalized spacial score (nSPS) is 28.4. The first-order valence-electron chi connectivity index (χ1n) is 6.89. The molecule has 98 valence electrons. The first-order chi connectivity index (χ1) is 8.20. The van der Waals surface area contributed by atoms with Crippen molar-refractivity contribution in [1.82, 2.24) is 10.2 Å². The summed E-state index contributed by atoms with van der Waals surface area (Å²) in [6.07, 6.45) is 5.13. The van der Waals surface area contributed by atoms with Crippen molar-refractivity contribution in [3.05, 3.63) is 0 Å². The molecule has 0 spiro atoms. The zero-order valence-electron chi connectivity index (χ0n) is 10.7. The summed E-state index contributed by atoms with van der Waals surface area (Å²) in [5, 5.41) is 12.7. The maximum Gasteiger partial charge on any atom is 0.236 e. The fraction of sp³-hybridized carbons (Fsp3) is 0.923. The molecule has 0 aromatic rings. The molecule has 2 saturated carbocycles. The highest BCUT2D eigenvalue weighted by molar-refractivity contribution is 5.78. The lowest BCUT2D eigenvalue weighted by atomic mass is 10.1. The number of nitrogens with one attached hydrogen (secondary N) is 1. The van der Waals surface area contributed by atoms with Gasteiger partial charge in [-0.3, -0.25) is 4.79 Å². The summed E-state index contributed by atoms with van der Waals surface area (Å²) < 4.78 is 0. The summed E-state index contributed by atoms with van der Waals surface area (Å²) in [6, 6.07) is 0.516. The largest absolute Gasteiger partial charge is 0.393 e. The van der Waals surface area contributed by atoms with Crippen LogP contribution in [0.2, 0.25) is 0 Å². The van der Waals surface area contributed by atoms with Crippen molar-refractivity contribution in [2.24, 2.45) is 5.92 Å². The summed E-state index contributed by atoms with van der Waals surface area (Å²) >= 11 is 0. The molecule has 0 heterocycles. The van der Waals surface area contributed by atoms with Crippen LogP contribution in [0.5, 0.6) is 0 Å². The fourth-order valence-corrected chi connectivity index (χ4v) is 2.74. The fourth-order valence-electron chi connectivity index (χ4n) is 2.74. The van der Waals surface area contributed by atoms with Gasteiger partial charge < -0.3 is 15.3 Å². The van der Waals surface area contributed by atoms with E-state index in [1.807, 2.05) is 11.8 Å². The minimum Gasteiger partial charge on any atom is -0.393 e. The van der Waals surface area contributed by atoms with Crippen LogP contribution >= 0.6 is 0 Å². The molecule has 0 aromatic carbocycles. The van der Waals surface area contributed by atoms with Crippen LogP contribution < -0.4 is 5.32 Å². The van der Waals surface area contributed by atoms with Gasteiger partial charge in [0.05, 0.1) is 12.6 Å². The molecule has 2 atom stereocenters. The summed E-state index contributed by atoms with van der Waals surface area (Å²) in [6.45, 7) is 4.19. The van der Waals surface area contributed by atoms with Gasteiger partial charge in [0.2, 0.25) is 5.91 Å². The second-order valence-electron chi connectivity index (χ2n) is 5.37. The Balaban J connectivity index is 1.62. The van der Waals surface area contributed by atoms with E-state index in [9.17, 15) is 9.90 Å². The van der Waals surface area contributed by atoms with Crippen molar-refractivity contribution >= 4 is 5.91 Å². The van der Waals surface area contributed by atoms with Gasteiger partial charge in [0.1, 0.15) is 0 Å². The molecule has 2 aliphatic rings. The van der Waals surface area contributed by atoms with Crippen molar-refractivity contribution in [2.45, 2.75) is 51.2 Å². The number of aliphatic hydroxyl groups excluding tert-OH is 1. The highest BCUT2D eigenvalue weighted by Gasteiger charge is 2.31. The highest BCUT2D eigenvalue weighted by Crippen LogP contribution is 2.26. The van der Waals surface area contributed by atoms with Gasteiger partial charge in [-0.15, -0.1) is 0 Å². The molecule has 4 heteroatoms. The van der Waals surface area contributed by atoms with Gasteiger partial charge in [0, 0.05) is 12.6 Å². The quantitative estimate of drug-likeness (QED) is 0.720. The minimum absolute atomic E-state index is 0.115. The molecule has 1 amide bonds. The molecule has 0 bridgehead atoms. The molecule has 2 aliphatic carbocycles. The van der Waals surface area contributed by atoms with Gasteiger partial charge in [-0.2, -0.15) is 0 Å². The van der Waals surface area contributed by atoms with Crippen LogP contribution in [0, 0.1) is 5.92 Å². The van der Waals surface area contributed by atoms with Crippen molar-refractivity contribution in [3.8, 4) is 0 Å². The molecular weight excluding hydrogens is 216 g/mol. The van der Waals surface area contributed by atoms with E-state index >= 15 is 0 Å². The van der Waals surface area contributed by atoms with Crippen LogP contribution in [0.1, 0.15) is 39.0 Å². The number of hydrogen-bond acceptors (Lipinski definition) is 3. The zero-order valence-corrected chi connectivity index (χ0v) is 10.7. The molecule has 2 unspecified atom stereocenters. The average molecular weight is 240 g/mol. The SMILES string of the molecule is CCN(C(=O)CNCC1CCC(O)C1)C1CC1. The molecule has 0 aliphatic heterocycles. The lowest BCUT2D eigenvalue weighted by Crippen LogP contribution is -2.40. The Bertz CT molecular complexity index is 266. The van der Waals surface area contributed by atoms with Crippen molar-refractivity contribution < 1.29 is 9.90 Å². The molecule has 0 saturated heterocycles. The van der Waals surface area contributed by atoms with Crippen LogP contribution in [0.3, 0.4) is 0 Å². The number of carbonyl (C=O) groups excluding carboxylic acids is 1. The second-order valence-corrected chi connectivity index (χ2v) is 5.37. The number of aliphatic hydroxyl groups is 1. The zero-order chi connectivity index (χ0) is 12.3. The number of rotatable bonds is 6. The summed E-state index contributed by atoms with van der Waals surface area (Å²) in [7, 11) is 0. The highest BCUT2D eigenvalue weighted by atomic mass is 16.3. The third-order valence-corrected chi connectivity index (χ3v) is 3.87. The Morgan fingerprint density at radius 1 is 1.35 bits per heavy atom. The van der Waals surface area contributed by atoms with E-state index in [1.165, 1.54) is 12.8 Å². The predicted molar refractivity (Wildman–Crippen MR) is 66.6 cm³/mol. The number of carbonyl (C=O) groups is 1. The predicted octanol–water partition coefficient (Wildman–Crippen LogP) is 0.748. The maximum absolute atomic E-state index is 11.9. The first-order valence-corrected chi connectivity index (χ1v) is 6.89. The van der Waals surface area contributed by atoms with E-state index in [0.717, 1.165) is 32.4 Å². The van der Waals surface area contributed by atoms with Gasteiger partial charge in [0.25, 0.3) is 0 Å². The summed E-state index contributed by atoms with van der Waals surface area (Å²) in [5.41, 5.74) is 0. The standard InChI is InChI=1S/C13H24N2O2/c1-2-15(11-4-5-11)13(17)9-14-8-10-3-6-12(16)7-10/h10-12,14,16H,2-9H2,1H3. The number of likely N-dealkylation sites (N-methyl/N-ethyl adjacent to an activating group) is 1. The van der Waals surface area contributed by atoms with E-state index in [4.69, 9.17) is 0 Å². The molecule has 2 rings (SSSR count). The average Bonchev–Trinajstić information content (AvgIpc) is 3.04. The van der Waals surface area contributed by atoms with Gasteiger partial charge in [-0.05, 0) is 51.5 Å². The van der Waals surface area contributed by atoms with Crippen molar-refractivity contribution in [2.75, 3.05) is 19.6 Å². The molecule has 4 nitrogen and oxygen atoms in total. The van der Waals surface area contributed by atoms with Crippen LogP contribution in [-0.2, 0) is 4.79 Å². The lowest BCUT2D eigenvalue weighted by molar-refractivity contribution is -0.130. The third kappa shape index (κ3) is 3.68. The molecule has 2 fully saturated rings.